The predicted octanol–water partition coefficient (Wildman–Crippen LogP) is 1.82. The molecule has 0 aromatic rings. The smallest absolute Gasteiger partial charge is 0.0598 e. The van der Waals surface area contributed by atoms with Gasteiger partial charge in [0.1, 0.15) is 0 Å². The topological polar surface area (TPSA) is 15.3 Å². The third kappa shape index (κ3) is 5.79. The van der Waals surface area contributed by atoms with Crippen molar-refractivity contribution in [3.8, 4) is 12.3 Å². The van der Waals surface area contributed by atoms with Crippen LogP contribution in [0, 0.1) is 12.3 Å². The van der Waals surface area contributed by atoms with Gasteiger partial charge in [-0.2, -0.15) is 11.8 Å². The highest BCUT2D eigenvalue weighted by Gasteiger charge is 2.17. The van der Waals surface area contributed by atoms with Gasteiger partial charge in [-0.05, 0) is 44.2 Å². The van der Waals surface area contributed by atoms with Crippen molar-refractivity contribution in [2.24, 2.45) is 0 Å². The van der Waals surface area contributed by atoms with Gasteiger partial charge in [-0.25, -0.2) is 0 Å². The fraction of sp³-hybridized carbons (Fsp3) is 0.846. The minimum Gasteiger partial charge on any atom is -0.314 e. The summed E-state index contributed by atoms with van der Waals surface area (Å²) in [6, 6.07) is 0.725. The Hall–Kier alpha value is -0.170. The predicted molar refractivity (Wildman–Crippen MR) is 73.9 cm³/mol. The Morgan fingerprint density at radius 3 is 2.75 bits per heavy atom. The van der Waals surface area contributed by atoms with E-state index in [1.165, 1.54) is 38.0 Å². The summed E-state index contributed by atoms with van der Waals surface area (Å²) in [5.74, 6) is 4.02. The van der Waals surface area contributed by atoms with E-state index in [9.17, 15) is 0 Å². The first-order chi connectivity index (χ1) is 7.86. The van der Waals surface area contributed by atoms with Crippen LogP contribution in [0.3, 0.4) is 0 Å². The molecule has 0 radical (unpaired) electrons. The third-order valence-corrected chi connectivity index (χ3v) is 3.81. The first kappa shape index (κ1) is 13.9. The highest BCUT2D eigenvalue weighted by Crippen LogP contribution is 2.09. The Morgan fingerprint density at radius 2 is 2.12 bits per heavy atom. The summed E-state index contributed by atoms with van der Waals surface area (Å²) >= 11 is 1.94. The highest BCUT2D eigenvalue weighted by atomic mass is 32.2. The van der Waals surface area contributed by atoms with Crippen LogP contribution in [0.4, 0.5) is 0 Å². The summed E-state index contributed by atoms with van der Waals surface area (Å²) in [6.07, 6.45) is 12.6. The maximum absolute atomic E-state index is 5.31. The van der Waals surface area contributed by atoms with E-state index in [2.05, 4.69) is 22.4 Å². The van der Waals surface area contributed by atoms with Crippen molar-refractivity contribution in [1.29, 1.82) is 0 Å². The van der Waals surface area contributed by atoms with Crippen LogP contribution in [-0.4, -0.2) is 49.1 Å². The van der Waals surface area contributed by atoms with Crippen LogP contribution in [0.1, 0.15) is 25.7 Å². The van der Waals surface area contributed by atoms with E-state index >= 15 is 0 Å². The lowest BCUT2D eigenvalue weighted by atomic mass is 10.0. The molecule has 1 rings (SSSR count). The molecule has 0 aromatic carbocycles. The van der Waals surface area contributed by atoms with Crippen LogP contribution in [-0.2, 0) is 0 Å². The number of rotatable bonds is 7. The van der Waals surface area contributed by atoms with Crippen molar-refractivity contribution in [3.63, 3.8) is 0 Å². The SMILES string of the molecule is C#CCN1CCC(NCCCCSC)CC1. The molecule has 2 nitrogen and oxygen atoms in total. The van der Waals surface area contributed by atoms with Gasteiger partial charge >= 0.3 is 0 Å². The summed E-state index contributed by atoms with van der Waals surface area (Å²) in [6.45, 7) is 4.32. The van der Waals surface area contributed by atoms with Crippen molar-refractivity contribution < 1.29 is 0 Å². The first-order valence-electron chi connectivity index (χ1n) is 6.25. The van der Waals surface area contributed by atoms with Gasteiger partial charge in [0.15, 0.2) is 0 Å². The zero-order valence-electron chi connectivity index (χ0n) is 10.4. The second-order valence-electron chi connectivity index (χ2n) is 4.41. The minimum atomic E-state index is 0.725. The number of nitrogens with one attached hydrogen (secondary N) is 1. The van der Waals surface area contributed by atoms with Crippen molar-refractivity contribution in [2.45, 2.75) is 31.7 Å². The molecule has 1 aliphatic rings. The Morgan fingerprint density at radius 1 is 1.38 bits per heavy atom. The number of piperidine rings is 1. The van der Waals surface area contributed by atoms with E-state index in [0.717, 1.165) is 25.7 Å². The molecule has 0 aromatic heterocycles. The number of likely N-dealkylation sites (tertiary alicyclic amines) is 1. The molecular formula is C13H24N2S. The third-order valence-electron chi connectivity index (χ3n) is 3.11. The van der Waals surface area contributed by atoms with Crippen molar-refractivity contribution in [3.05, 3.63) is 0 Å². The van der Waals surface area contributed by atoms with Gasteiger partial charge in [-0.3, -0.25) is 4.90 Å². The molecule has 1 fully saturated rings. The lowest BCUT2D eigenvalue weighted by molar-refractivity contribution is 0.218. The van der Waals surface area contributed by atoms with Gasteiger partial charge in [0.25, 0.3) is 0 Å². The second-order valence-corrected chi connectivity index (χ2v) is 5.39. The first-order valence-corrected chi connectivity index (χ1v) is 7.64. The van der Waals surface area contributed by atoms with Gasteiger partial charge in [0, 0.05) is 19.1 Å². The van der Waals surface area contributed by atoms with E-state index in [4.69, 9.17) is 6.42 Å². The highest BCUT2D eigenvalue weighted by molar-refractivity contribution is 7.98. The molecule has 16 heavy (non-hydrogen) atoms. The normalized spacial score (nSPS) is 18.5. The summed E-state index contributed by atoms with van der Waals surface area (Å²) in [5, 5.41) is 3.66. The number of unbranched alkanes of at least 4 members (excludes halogenated alkanes) is 1. The lowest BCUT2D eigenvalue weighted by Crippen LogP contribution is -2.42. The van der Waals surface area contributed by atoms with Gasteiger partial charge < -0.3 is 5.32 Å². The summed E-state index contributed by atoms with van der Waals surface area (Å²) in [4.78, 5) is 2.37. The van der Waals surface area contributed by atoms with E-state index in [0.29, 0.717) is 0 Å². The van der Waals surface area contributed by atoms with E-state index in [-0.39, 0.29) is 0 Å². The van der Waals surface area contributed by atoms with Crippen LogP contribution in [0.25, 0.3) is 0 Å². The molecule has 0 spiro atoms. The number of hydrogen-bond acceptors (Lipinski definition) is 3. The molecule has 1 heterocycles. The van der Waals surface area contributed by atoms with E-state index in [1.807, 2.05) is 11.8 Å². The van der Waals surface area contributed by atoms with Crippen LogP contribution >= 0.6 is 11.8 Å². The minimum absolute atomic E-state index is 0.725. The summed E-state index contributed by atoms with van der Waals surface area (Å²) in [5.41, 5.74) is 0. The zero-order valence-corrected chi connectivity index (χ0v) is 11.2. The number of nitrogens with zero attached hydrogens (tertiary/aromatic N) is 1. The second kappa shape index (κ2) is 8.92. The molecule has 0 saturated carbocycles. The molecule has 1 aliphatic heterocycles. The van der Waals surface area contributed by atoms with Crippen LogP contribution in [0.5, 0.6) is 0 Å². The zero-order chi connectivity index (χ0) is 11.6. The Bertz CT molecular complexity index is 204. The fourth-order valence-electron chi connectivity index (χ4n) is 2.10. The van der Waals surface area contributed by atoms with Gasteiger partial charge in [-0.15, -0.1) is 6.42 Å². The van der Waals surface area contributed by atoms with Crippen molar-refractivity contribution in [1.82, 2.24) is 10.2 Å². The fourth-order valence-corrected chi connectivity index (χ4v) is 2.59. The number of hydrogen-bond donors (Lipinski definition) is 1. The Balaban J connectivity index is 1.98. The summed E-state index contributed by atoms with van der Waals surface area (Å²) in [7, 11) is 0. The van der Waals surface area contributed by atoms with Crippen LogP contribution in [0.2, 0.25) is 0 Å². The molecule has 0 atom stereocenters. The Labute approximate surface area is 105 Å². The van der Waals surface area contributed by atoms with Gasteiger partial charge in [0.05, 0.1) is 6.54 Å². The maximum atomic E-state index is 5.31. The molecular weight excluding hydrogens is 216 g/mol. The number of thioether (sulfide) groups is 1. The standard InChI is InChI=1S/C13H24N2S/c1-3-9-15-10-6-13(7-11-15)14-8-4-5-12-16-2/h1,13-14H,4-12H2,2H3. The molecule has 0 amide bonds. The molecule has 0 bridgehead atoms. The molecule has 0 unspecified atom stereocenters. The lowest BCUT2D eigenvalue weighted by Gasteiger charge is -2.31. The summed E-state index contributed by atoms with van der Waals surface area (Å²) < 4.78 is 0. The number of terminal acetylenes is 1. The van der Waals surface area contributed by atoms with Crippen LogP contribution < -0.4 is 5.32 Å². The van der Waals surface area contributed by atoms with Gasteiger partial charge in [0.2, 0.25) is 0 Å². The van der Waals surface area contributed by atoms with Crippen LogP contribution in [0.15, 0.2) is 0 Å². The molecule has 1 N–H and O–H groups in total. The largest absolute Gasteiger partial charge is 0.314 e. The van der Waals surface area contributed by atoms with Crippen molar-refractivity contribution in [2.75, 3.05) is 38.2 Å². The average molecular weight is 240 g/mol. The quantitative estimate of drug-likeness (QED) is 0.540. The Kier molecular flexibility index (Phi) is 7.75. The molecule has 1 saturated heterocycles. The maximum Gasteiger partial charge on any atom is 0.0598 e. The molecule has 3 heteroatoms. The van der Waals surface area contributed by atoms with Crippen molar-refractivity contribution >= 4 is 11.8 Å². The van der Waals surface area contributed by atoms with Gasteiger partial charge in [-0.1, -0.05) is 5.92 Å². The molecule has 92 valence electrons. The average Bonchev–Trinajstić information content (AvgIpc) is 2.31. The van der Waals surface area contributed by atoms with E-state index in [1.54, 1.807) is 0 Å². The monoisotopic (exact) mass is 240 g/mol. The van der Waals surface area contributed by atoms with E-state index < -0.39 is 0 Å². The molecule has 0 aliphatic carbocycles.